The second kappa shape index (κ2) is 5.59. The zero-order chi connectivity index (χ0) is 14.9. The molecule has 0 saturated carbocycles. The Morgan fingerprint density at radius 3 is 2.81 bits per heavy atom. The van der Waals surface area contributed by atoms with E-state index < -0.39 is 10.0 Å². The minimum atomic E-state index is -3.54. The highest BCUT2D eigenvalue weighted by Gasteiger charge is 2.35. The van der Waals surface area contributed by atoms with E-state index in [1.54, 1.807) is 0 Å². The molecule has 1 aliphatic heterocycles. The molecule has 1 saturated heterocycles. The third-order valence-corrected chi connectivity index (χ3v) is 5.80. The van der Waals surface area contributed by atoms with E-state index in [0.717, 1.165) is 6.42 Å². The van der Waals surface area contributed by atoms with Gasteiger partial charge in [0.25, 0.3) is 10.0 Å². The minimum Gasteiger partial charge on any atom is -0.326 e. The molecule has 7 heteroatoms. The van der Waals surface area contributed by atoms with Gasteiger partial charge in [-0.3, -0.25) is 5.10 Å². The van der Waals surface area contributed by atoms with Gasteiger partial charge < -0.3 is 5.73 Å². The topological polar surface area (TPSA) is 92.1 Å². The lowest BCUT2D eigenvalue weighted by atomic mass is 9.99. The Labute approximate surface area is 124 Å². The molecule has 0 radical (unpaired) electrons. The third-order valence-electron chi connectivity index (χ3n) is 3.92. The van der Waals surface area contributed by atoms with Crippen molar-refractivity contribution in [3.05, 3.63) is 47.7 Å². The van der Waals surface area contributed by atoms with Gasteiger partial charge in [-0.2, -0.15) is 9.40 Å². The van der Waals surface area contributed by atoms with E-state index in [4.69, 9.17) is 5.73 Å². The number of sulfonamides is 1. The molecule has 0 amide bonds. The van der Waals surface area contributed by atoms with Gasteiger partial charge in [-0.05, 0) is 17.9 Å². The van der Waals surface area contributed by atoms with Crippen molar-refractivity contribution in [1.82, 2.24) is 14.5 Å². The van der Waals surface area contributed by atoms with Gasteiger partial charge in [0.15, 0.2) is 5.03 Å². The molecule has 112 valence electrons. The summed E-state index contributed by atoms with van der Waals surface area (Å²) in [5.74, 6) is 0.241. The van der Waals surface area contributed by atoms with E-state index in [9.17, 15) is 8.42 Å². The van der Waals surface area contributed by atoms with Crippen LogP contribution in [0.2, 0.25) is 0 Å². The van der Waals surface area contributed by atoms with Gasteiger partial charge >= 0.3 is 0 Å². The number of hydrogen-bond acceptors (Lipinski definition) is 4. The van der Waals surface area contributed by atoms with E-state index in [-0.39, 0.29) is 17.5 Å². The maximum atomic E-state index is 12.7. The lowest BCUT2D eigenvalue weighted by Crippen LogP contribution is -2.30. The summed E-state index contributed by atoms with van der Waals surface area (Å²) in [7, 11) is -3.54. The molecule has 2 heterocycles. The summed E-state index contributed by atoms with van der Waals surface area (Å²) >= 11 is 0. The summed E-state index contributed by atoms with van der Waals surface area (Å²) in [6.07, 6.45) is 2.30. The molecule has 21 heavy (non-hydrogen) atoms. The largest absolute Gasteiger partial charge is 0.326 e. The van der Waals surface area contributed by atoms with Gasteiger partial charge in [-0.25, -0.2) is 8.42 Å². The van der Waals surface area contributed by atoms with Crippen molar-refractivity contribution < 1.29 is 8.42 Å². The van der Waals surface area contributed by atoms with Crippen LogP contribution in [0.5, 0.6) is 0 Å². The van der Waals surface area contributed by atoms with Crippen molar-refractivity contribution in [3.8, 4) is 0 Å². The zero-order valence-electron chi connectivity index (χ0n) is 11.6. The Bertz CT molecular complexity index is 712. The van der Waals surface area contributed by atoms with E-state index in [1.807, 2.05) is 30.3 Å². The number of H-pyrrole nitrogens is 1. The Kier molecular flexibility index (Phi) is 3.79. The summed E-state index contributed by atoms with van der Waals surface area (Å²) in [4.78, 5) is 0. The average molecular weight is 306 g/mol. The first kappa shape index (κ1) is 14.2. The molecule has 6 nitrogen and oxygen atoms in total. The predicted molar refractivity (Wildman–Crippen MR) is 79.0 cm³/mol. The number of aromatic nitrogens is 2. The van der Waals surface area contributed by atoms with Crippen molar-refractivity contribution in [3.63, 3.8) is 0 Å². The Morgan fingerprint density at radius 2 is 2.10 bits per heavy atom. The van der Waals surface area contributed by atoms with Crippen LogP contribution >= 0.6 is 0 Å². The molecule has 1 unspecified atom stereocenters. The molecule has 3 rings (SSSR count). The number of hydrogen-bond donors (Lipinski definition) is 2. The van der Waals surface area contributed by atoms with Crippen LogP contribution in [0.25, 0.3) is 0 Å². The zero-order valence-corrected chi connectivity index (χ0v) is 12.4. The van der Waals surface area contributed by atoms with Crippen LogP contribution in [-0.2, 0) is 16.6 Å². The standard InChI is InChI=1S/C14H18N4O2S/c15-8-13-9-16-17-14(13)21(19,20)18-7-6-12(10-18)11-4-2-1-3-5-11/h1-5,9,12H,6-8,10,15H2,(H,16,17). The Morgan fingerprint density at radius 1 is 1.33 bits per heavy atom. The van der Waals surface area contributed by atoms with Crippen molar-refractivity contribution in [2.24, 2.45) is 5.73 Å². The molecule has 1 fully saturated rings. The molecular formula is C14H18N4O2S. The summed E-state index contributed by atoms with van der Waals surface area (Å²) in [5.41, 5.74) is 7.27. The second-order valence-corrected chi connectivity index (χ2v) is 7.06. The monoisotopic (exact) mass is 306 g/mol. The molecule has 1 aliphatic rings. The number of nitrogens with two attached hydrogens (primary N) is 1. The molecule has 0 aliphatic carbocycles. The van der Waals surface area contributed by atoms with Gasteiger partial charge in [-0.15, -0.1) is 0 Å². The SMILES string of the molecule is NCc1cn[nH]c1S(=O)(=O)N1CCC(c2ccccc2)C1. The normalized spacial score (nSPS) is 20.0. The van der Waals surface area contributed by atoms with E-state index >= 15 is 0 Å². The molecule has 1 atom stereocenters. The molecule has 0 spiro atoms. The van der Waals surface area contributed by atoms with E-state index in [0.29, 0.717) is 18.7 Å². The predicted octanol–water partition coefficient (Wildman–Crippen LogP) is 1.05. The van der Waals surface area contributed by atoms with E-state index in [2.05, 4.69) is 10.2 Å². The van der Waals surface area contributed by atoms with Crippen molar-refractivity contribution in [2.45, 2.75) is 23.9 Å². The molecule has 3 N–H and O–H groups in total. The second-order valence-electron chi connectivity index (χ2n) is 5.19. The van der Waals surface area contributed by atoms with Crippen LogP contribution in [0.4, 0.5) is 0 Å². The number of rotatable bonds is 4. The number of benzene rings is 1. The van der Waals surface area contributed by atoms with Gasteiger partial charge in [0.1, 0.15) is 0 Å². The number of aromatic amines is 1. The first-order valence-electron chi connectivity index (χ1n) is 6.90. The molecule has 2 aromatic rings. The maximum Gasteiger partial charge on any atom is 0.260 e. The van der Waals surface area contributed by atoms with Gasteiger partial charge in [0, 0.05) is 25.2 Å². The minimum absolute atomic E-state index is 0.124. The highest BCUT2D eigenvalue weighted by molar-refractivity contribution is 7.89. The number of nitrogens with zero attached hydrogens (tertiary/aromatic N) is 2. The highest BCUT2D eigenvalue weighted by Crippen LogP contribution is 2.31. The third kappa shape index (κ3) is 2.59. The Hall–Kier alpha value is -1.70. The van der Waals surface area contributed by atoms with Gasteiger partial charge in [0.05, 0.1) is 6.20 Å². The molecule has 1 aromatic carbocycles. The van der Waals surface area contributed by atoms with Crippen LogP contribution in [0.1, 0.15) is 23.5 Å². The van der Waals surface area contributed by atoms with Crippen molar-refractivity contribution >= 4 is 10.0 Å². The first-order chi connectivity index (χ1) is 10.1. The summed E-state index contributed by atoms with van der Waals surface area (Å²) in [6.45, 7) is 1.17. The van der Waals surface area contributed by atoms with Crippen LogP contribution in [0, 0.1) is 0 Å². The summed E-state index contributed by atoms with van der Waals surface area (Å²) in [5, 5.41) is 6.49. The first-order valence-corrected chi connectivity index (χ1v) is 8.34. The lowest BCUT2D eigenvalue weighted by molar-refractivity contribution is 0.469. The van der Waals surface area contributed by atoms with Crippen molar-refractivity contribution in [2.75, 3.05) is 13.1 Å². The van der Waals surface area contributed by atoms with Gasteiger partial charge in [0.2, 0.25) is 0 Å². The van der Waals surface area contributed by atoms with Crippen molar-refractivity contribution in [1.29, 1.82) is 0 Å². The van der Waals surface area contributed by atoms with Crippen LogP contribution in [0.3, 0.4) is 0 Å². The summed E-state index contributed by atoms with van der Waals surface area (Å²) < 4.78 is 26.8. The smallest absolute Gasteiger partial charge is 0.260 e. The Balaban J connectivity index is 1.83. The molecular weight excluding hydrogens is 288 g/mol. The average Bonchev–Trinajstić information content (AvgIpc) is 3.17. The lowest BCUT2D eigenvalue weighted by Gasteiger charge is -2.16. The highest BCUT2D eigenvalue weighted by atomic mass is 32.2. The molecule has 1 aromatic heterocycles. The van der Waals surface area contributed by atoms with Crippen LogP contribution in [0.15, 0.2) is 41.6 Å². The molecule has 0 bridgehead atoms. The fourth-order valence-corrected chi connectivity index (χ4v) is 4.36. The quantitative estimate of drug-likeness (QED) is 0.883. The van der Waals surface area contributed by atoms with Gasteiger partial charge in [-0.1, -0.05) is 30.3 Å². The van der Waals surface area contributed by atoms with E-state index in [1.165, 1.54) is 16.1 Å². The summed E-state index contributed by atoms with van der Waals surface area (Å²) in [6, 6.07) is 10.0. The van der Waals surface area contributed by atoms with Crippen LogP contribution in [-0.4, -0.2) is 36.0 Å². The van der Waals surface area contributed by atoms with Crippen LogP contribution < -0.4 is 5.73 Å². The fraction of sp³-hybridized carbons (Fsp3) is 0.357. The maximum absolute atomic E-state index is 12.7. The number of nitrogens with one attached hydrogen (secondary N) is 1. The fourth-order valence-electron chi connectivity index (χ4n) is 2.74.